The zero-order valence-corrected chi connectivity index (χ0v) is 39.2. The first-order chi connectivity index (χ1) is 26.6. The molecule has 0 N–H and O–H groups in total. The Balaban J connectivity index is 0.00000290. The van der Waals surface area contributed by atoms with E-state index in [4.69, 9.17) is 18.9 Å². The number of piperidine rings is 4. The molecule has 4 heterocycles. The summed E-state index contributed by atoms with van der Waals surface area (Å²) in [6.07, 6.45) is 17.9. The number of rotatable bonds is 21. The maximum atomic E-state index is 6.51. The minimum absolute atomic E-state index is 0. The maximum Gasteiger partial charge on any atom is 0.161 e. The van der Waals surface area contributed by atoms with Crippen molar-refractivity contribution in [2.75, 3.05) is 105 Å². The molecule has 58 heavy (non-hydrogen) atoms. The highest BCUT2D eigenvalue weighted by atomic mass is 35.5. The van der Waals surface area contributed by atoms with Crippen molar-refractivity contribution in [1.82, 2.24) is 19.6 Å². The summed E-state index contributed by atoms with van der Waals surface area (Å²) >= 11 is 0. The van der Waals surface area contributed by atoms with E-state index in [0.29, 0.717) is 38.3 Å². The van der Waals surface area contributed by atoms with Crippen molar-refractivity contribution in [3.8, 4) is 23.0 Å². The monoisotopic (exact) mass is 890 g/mol. The third-order valence-electron chi connectivity index (χ3n) is 12.6. The van der Waals surface area contributed by atoms with Crippen molar-refractivity contribution >= 4 is 49.6 Å². The Morgan fingerprint density at radius 2 is 0.638 bits per heavy atom. The standard InChI is InChI=1S/C46H74N4O4.4ClH/c1-39(35-41-15-17-43(51-31-27-47-19-7-3-8-20-47)45(37-41)53-33-29-49-23-11-5-12-24-49)40(2)36-42-16-18-44(52-32-28-48-21-9-4-10-22-48)46(38-42)54-34-30-50-25-13-6-14-26-50;;;;/h15-18,37-40H,3-14,19-36H2,1-2H3;4*1H/t39-,40+;;;;. The van der Waals surface area contributed by atoms with Crippen LogP contribution < -0.4 is 18.9 Å². The van der Waals surface area contributed by atoms with Crippen LogP contribution in [-0.2, 0) is 12.8 Å². The molecule has 0 unspecified atom stereocenters. The van der Waals surface area contributed by atoms with E-state index < -0.39 is 0 Å². The molecule has 4 fully saturated rings. The Hall–Kier alpha value is -1.36. The average Bonchev–Trinajstić information content (AvgIpc) is 3.21. The first kappa shape index (κ1) is 52.8. The number of benzene rings is 2. The van der Waals surface area contributed by atoms with Crippen LogP contribution >= 0.6 is 49.6 Å². The van der Waals surface area contributed by atoms with Gasteiger partial charge in [0, 0.05) is 26.2 Å². The van der Waals surface area contributed by atoms with Crippen LogP contribution in [0.15, 0.2) is 36.4 Å². The molecule has 0 saturated carbocycles. The van der Waals surface area contributed by atoms with Gasteiger partial charge in [0.25, 0.3) is 0 Å². The molecule has 2 aromatic rings. The van der Waals surface area contributed by atoms with Gasteiger partial charge in [0.2, 0.25) is 0 Å². The van der Waals surface area contributed by atoms with E-state index >= 15 is 0 Å². The summed E-state index contributed by atoms with van der Waals surface area (Å²) in [5, 5.41) is 0. The third kappa shape index (κ3) is 18.3. The predicted octanol–water partition coefficient (Wildman–Crippen LogP) is 9.89. The Labute approximate surface area is 377 Å². The Bertz CT molecular complexity index is 1250. The molecular formula is C46H78Cl4N4O4. The van der Waals surface area contributed by atoms with Gasteiger partial charge >= 0.3 is 0 Å². The number of likely N-dealkylation sites (tertiary alicyclic amines) is 4. The zero-order chi connectivity index (χ0) is 37.2. The van der Waals surface area contributed by atoms with Gasteiger partial charge < -0.3 is 18.9 Å². The number of hydrogen-bond acceptors (Lipinski definition) is 8. The first-order valence-electron chi connectivity index (χ1n) is 22.3. The lowest BCUT2D eigenvalue weighted by Gasteiger charge is -2.27. The third-order valence-corrected chi connectivity index (χ3v) is 12.6. The lowest BCUT2D eigenvalue weighted by atomic mass is 9.85. The van der Waals surface area contributed by atoms with Crippen molar-refractivity contribution in [1.29, 1.82) is 0 Å². The van der Waals surface area contributed by atoms with Gasteiger partial charge in [-0.2, -0.15) is 0 Å². The van der Waals surface area contributed by atoms with Gasteiger partial charge in [-0.25, -0.2) is 0 Å². The summed E-state index contributed by atoms with van der Waals surface area (Å²) in [4.78, 5) is 10.2. The van der Waals surface area contributed by atoms with Gasteiger partial charge in [-0.3, -0.25) is 19.6 Å². The van der Waals surface area contributed by atoms with Crippen LogP contribution in [0, 0.1) is 11.8 Å². The van der Waals surface area contributed by atoms with Gasteiger partial charge in [0.1, 0.15) is 26.4 Å². The highest BCUT2D eigenvalue weighted by Crippen LogP contribution is 2.33. The van der Waals surface area contributed by atoms with Crippen molar-refractivity contribution in [2.24, 2.45) is 11.8 Å². The second-order valence-corrected chi connectivity index (χ2v) is 16.9. The number of ether oxygens (including phenoxy) is 4. The molecule has 8 nitrogen and oxygen atoms in total. The SMILES string of the molecule is C[C@H](Cc1ccc(OCCN2CCCCC2)c(OCCN2CCCCC2)c1)[C@@H](C)Cc1ccc(OCCN2CCCCC2)c(OCCN2CCCCC2)c1.Cl.Cl.Cl.Cl. The molecule has 0 aliphatic carbocycles. The summed E-state index contributed by atoms with van der Waals surface area (Å²) < 4.78 is 25.8. The van der Waals surface area contributed by atoms with Crippen LogP contribution in [0.5, 0.6) is 23.0 Å². The highest BCUT2D eigenvalue weighted by molar-refractivity contribution is 5.86. The summed E-state index contributed by atoms with van der Waals surface area (Å²) in [5.74, 6) is 4.60. The minimum Gasteiger partial charge on any atom is -0.488 e. The topological polar surface area (TPSA) is 49.9 Å². The molecule has 4 aliphatic rings. The summed E-state index contributed by atoms with van der Waals surface area (Å²) in [5.41, 5.74) is 2.65. The summed E-state index contributed by atoms with van der Waals surface area (Å²) in [6, 6.07) is 13.4. The average molecular weight is 893 g/mol. The first-order valence-corrected chi connectivity index (χ1v) is 22.3. The quantitative estimate of drug-likeness (QED) is 0.123. The number of halogens is 4. The summed E-state index contributed by atoms with van der Waals surface area (Å²) in [6.45, 7) is 21.1. The van der Waals surface area contributed by atoms with Crippen molar-refractivity contribution in [3.05, 3.63) is 47.5 Å². The van der Waals surface area contributed by atoms with Crippen LogP contribution in [0.2, 0.25) is 0 Å². The number of hydrogen-bond donors (Lipinski definition) is 0. The van der Waals surface area contributed by atoms with Gasteiger partial charge in [0.05, 0.1) is 0 Å². The lowest BCUT2D eigenvalue weighted by Crippen LogP contribution is -2.33. The Morgan fingerprint density at radius 1 is 0.379 bits per heavy atom. The van der Waals surface area contributed by atoms with Gasteiger partial charge in [-0.1, -0.05) is 51.7 Å². The van der Waals surface area contributed by atoms with Gasteiger partial charge in [0.15, 0.2) is 23.0 Å². The molecule has 0 amide bonds. The van der Waals surface area contributed by atoms with E-state index in [-0.39, 0.29) is 49.6 Å². The van der Waals surface area contributed by atoms with E-state index in [9.17, 15) is 0 Å². The minimum atomic E-state index is 0. The molecule has 4 saturated heterocycles. The van der Waals surface area contributed by atoms with E-state index in [0.717, 1.165) is 62.0 Å². The molecular weight excluding hydrogens is 814 g/mol. The van der Waals surface area contributed by atoms with Crippen LogP contribution in [-0.4, -0.2) is 125 Å². The lowest BCUT2D eigenvalue weighted by molar-refractivity contribution is 0.168. The normalized spacial score (nSPS) is 19.3. The highest BCUT2D eigenvalue weighted by Gasteiger charge is 2.19. The Kier molecular flexibility index (Phi) is 27.1. The molecule has 334 valence electrons. The zero-order valence-electron chi connectivity index (χ0n) is 35.9. The molecule has 0 bridgehead atoms. The second-order valence-electron chi connectivity index (χ2n) is 16.9. The smallest absolute Gasteiger partial charge is 0.161 e. The fraction of sp³-hybridized carbons (Fsp3) is 0.739. The maximum absolute atomic E-state index is 6.51. The molecule has 12 heteroatoms. The van der Waals surface area contributed by atoms with E-state index in [1.54, 1.807) is 0 Å². The van der Waals surface area contributed by atoms with Crippen molar-refractivity contribution < 1.29 is 18.9 Å². The number of nitrogens with zero attached hydrogens (tertiary/aromatic N) is 4. The molecule has 0 aromatic heterocycles. The summed E-state index contributed by atoms with van der Waals surface area (Å²) in [7, 11) is 0. The van der Waals surface area contributed by atoms with E-state index in [1.807, 2.05) is 0 Å². The van der Waals surface area contributed by atoms with E-state index in [1.165, 1.54) is 141 Å². The molecule has 4 aliphatic heterocycles. The van der Waals surface area contributed by atoms with Crippen LogP contribution in [0.1, 0.15) is 102 Å². The van der Waals surface area contributed by atoms with Gasteiger partial charge in [-0.05, 0) is 164 Å². The van der Waals surface area contributed by atoms with Gasteiger partial charge in [-0.15, -0.1) is 49.6 Å². The Morgan fingerprint density at radius 3 is 0.914 bits per heavy atom. The molecule has 0 spiro atoms. The van der Waals surface area contributed by atoms with Crippen molar-refractivity contribution in [3.63, 3.8) is 0 Å². The largest absolute Gasteiger partial charge is 0.488 e. The molecule has 2 atom stereocenters. The predicted molar refractivity (Wildman–Crippen MR) is 251 cm³/mol. The van der Waals surface area contributed by atoms with Crippen LogP contribution in [0.4, 0.5) is 0 Å². The molecule has 2 aromatic carbocycles. The van der Waals surface area contributed by atoms with Crippen molar-refractivity contribution in [2.45, 2.75) is 104 Å². The van der Waals surface area contributed by atoms with Crippen LogP contribution in [0.25, 0.3) is 0 Å². The fourth-order valence-electron chi connectivity index (χ4n) is 8.84. The fourth-order valence-corrected chi connectivity index (χ4v) is 8.84. The second kappa shape index (κ2) is 29.8. The van der Waals surface area contributed by atoms with E-state index in [2.05, 4.69) is 69.8 Å². The molecule has 0 radical (unpaired) electrons. The van der Waals surface area contributed by atoms with Crippen LogP contribution in [0.3, 0.4) is 0 Å². The molecule has 6 rings (SSSR count).